The predicted octanol–water partition coefficient (Wildman–Crippen LogP) is 1.60. The highest BCUT2D eigenvalue weighted by molar-refractivity contribution is 7.87. The summed E-state index contributed by atoms with van der Waals surface area (Å²) in [4.78, 5) is 2.04. The number of rotatable bonds is 2. The maximum absolute atomic E-state index is 12.1. The van der Waals surface area contributed by atoms with Crippen LogP contribution in [0.4, 0.5) is 13.2 Å². The molecule has 1 atom stereocenters. The van der Waals surface area contributed by atoms with E-state index in [1.54, 1.807) is 0 Å². The van der Waals surface area contributed by atoms with Gasteiger partial charge in [-0.3, -0.25) is 4.18 Å². The van der Waals surface area contributed by atoms with Gasteiger partial charge in [0.15, 0.2) is 0 Å². The summed E-state index contributed by atoms with van der Waals surface area (Å²) in [7, 11) is -5.49. The van der Waals surface area contributed by atoms with E-state index in [1.165, 1.54) is 6.08 Å². The Morgan fingerprint density at radius 2 is 2.06 bits per heavy atom. The second-order valence-corrected chi connectivity index (χ2v) is 5.64. The van der Waals surface area contributed by atoms with Crippen LogP contribution < -0.4 is 0 Å². The van der Waals surface area contributed by atoms with Gasteiger partial charge >= 0.3 is 15.6 Å². The fourth-order valence-electron chi connectivity index (χ4n) is 2.07. The number of halogens is 3. The van der Waals surface area contributed by atoms with E-state index in [4.69, 9.17) is 0 Å². The van der Waals surface area contributed by atoms with Gasteiger partial charge < -0.3 is 4.90 Å². The molecule has 2 aliphatic heterocycles. The van der Waals surface area contributed by atoms with Crippen LogP contribution in [0, 0.1) is 0 Å². The summed E-state index contributed by atoms with van der Waals surface area (Å²) in [5.41, 5.74) is -4.46. The third-order valence-corrected chi connectivity index (χ3v) is 3.93. The van der Waals surface area contributed by atoms with E-state index < -0.39 is 21.7 Å². The molecule has 4 nitrogen and oxygen atoms in total. The first-order valence-corrected chi connectivity index (χ1v) is 6.65. The summed E-state index contributed by atoms with van der Waals surface area (Å²) in [6.07, 6.45) is 2.47. The van der Waals surface area contributed by atoms with E-state index in [9.17, 15) is 21.6 Å². The molecule has 17 heavy (non-hydrogen) atoms. The number of fused-ring (bicyclic) bond motifs is 1. The number of hydrogen-bond donors (Lipinski definition) is 0. The maximum Gasteiger partial charge on any atom is 0.523 e. The van der Waals surface area contributed by atoms with E-state index in [1.807, 2.05) is 4.90 Å². The molecule has 0 N–H and O–H groups in total. The van der Waals surface area contributed by atoms with Gasteiger partial charge in [0.1, 0.15) is 0 Å². The zero-order valence-electron chi connectivity index (χ0n) is 8.90. The van der Waals surface area contributed by atoms with Crippen LogP contribution in [0.1, 0.15) is 19.3 Å². The molecule has 8 heteroatoms. The number of hydrogen-bond acceptors (Lipinski definition) is 4. The Balaban J connectivity index is 2.09. The van der Waals surface area contributed by atoms with Gasteiger partial charge in [-0.25, -0.2) is 0 Å². The van der Waals surface area contributed by atoms with Crippen molar-refractivity contribution in [3.05, 3.63) is 11.8 Å². The number of nitrogens with zero attached hydrogens (tertiary/aromatic N) is 1. The fraction of sp³-hybridized carbons (Fsp3) is 0.778. The van der Waals surface area contributed by atoms with Crippen molar-refractivity contribution in [1.29, 1.82) is 0 Å². The molecule has 0 aliphatic carbocycles. The summed E-state index contributed by atoms with van der Waals surface area (Å²) in [5.74, 6) is 0. The average molecular weight is 271 g/mol. The van der Waals surface area contributed by atoms with Crippen molar-refractivity contribution in [1.82, 2.24) is 4.90 Å². The molecule has 1 saturated heterocycles. The monoisotopic (exact) mass is 271 g/mol. The van der Waals surface area contributed by atoms with Crippen LogP contribution in [-0.4, -0.2) is 38.0 Å². The minimum Gasteiger partial charge on any atom is -0.375 e. The first-order valence-electron chi connectivity index (χ1n) is 5.25. The molecule has 0 spiro atoms. The SMILES string of the molecule is O=S(=O)(OC1C=C2CCCN2CC1)C(F)(F)F. The van der Waals surface area contributed by atoms with E-state index >= 15 is 0 Å². The molecule has 1 fully saturated rings. The Labute approximate surface area is 97.2 Å². The Kier molecular flexibility index (Phi) is 3.11. The van der Waals surface area contributed by atoms with Crippen LogP contribution in [0.25, 0.3) is 0 Å². The third kappa shape index (κ3) is 2.57. The molecule has 0 aromatic rings. The normalized spacial score (nSPS) is 25.7. The second-order valence-electron chi connectivity index (χ2n) is 4.07. The molecular formula is C9H12F3NO3S. The summed E-state index contributed by atoms with van der Waals surface area (Å²) in [5, 5.41) is 0. The molecule has 0 aromatic carbocycles. The molecule has 0 radical (unpaired) electrons. The molecule has 0 saturated carbocycles. The summed E-state index contributed by atoms with van der Waals surface area (Å²) >= 11 is 0. The highest BCUT2D eigenvalue weighted by Gasteiger charge is 2.48. The lowest BCUT2D eigenvalue weighted by Gasteiger charge is -2.28. The topological polar surface area (TPSA) is 46.6 Å². The van der Waals surface area contributed by atoms with Crippen LogP contribution in [0.15, 0.2) is 11.8 Å². The van der Waals surface area contributed by atoms with Gasteiger partial charge in [-0.05, 0) is 25.3 Å². The summed E-state index contributed by atoms with van der Waals surface area (Å²) in [6, 6.07) is 0. The molecule has 0 amide bonds. The Morgan fingerprint density at radius 1 is 1.35 bits per heavy atom. The minimum absolute atomic E-state index is 0.263. The Morgan fingerprint density at radius 3 is 2.71 bits per heavy atom. The van der Waals surface area contributed by atoms with Crippen LogP contribution in [-0.2, 0) is 14.3 Å². The first-order chi connectivity index (χ1) is 7.79. The van der Waals surface area contributed by atoms with Crippen molar-refractivity contribution < 1.29 is 25.8 Å². The lowest BCUT2D eigenvalue weighted by molar-refractivity contribution is -0.0565. The Bertz CT molecular complexity index is 429. The van der Waals surface area contributed by atoms with Crippen molar-refractivity contribution >= 4 is 10.1 Å². The predicted molar refractivity (Wildman–Crippen MR) is 53.4 cm³/mol. The smallest absolute Gasteiger partial charge is 0.375 e. The maximum atomic E-state index is 12.1. The van der Waals surface area contributed by atoms with Gasteiger partial charge in [0.2, 0.25) is 0 Å². The molecular weight excluding hydrogens is 259 g/mol. The van der Waals surface area contributed by atoms with Gasteiger partial charge in [0.05, 0.1) is 6.10 Å². The van der Waals surface area contributed by atoms with Crippen molar-refractivity contribution in [3.63, 3.8) is 0 Å². The minimum atomic E-state index is -5.49. The van der Waals surface area contributed by atoms with Crippen LogP contribution >= 0.6 is 0 Å². The lowest BCUT2D eigenvalue weighted by Crippen LogP contribution is -2.34. The standard InChI is InChI=1S/C9H12F3NO3S/c10-9(11,12)17(14,15)16-8-3-5-13-4-1-2-7(13)6-8/h6,8H,1-5H2. The van der Waals surface area contributed by atoms with Crippen molar-refractivity contribution in [2.24, 2.45) is 0 Å². The van der Waals surface area contributed by atoms with Gasteiger partial charge in [-0.1, -0.05) is 0 Å². The molecule has 0 aromatic heterocycles. The van der Waals surface area contributed by atoms with Gasteiger partial charge in [-0.15, -0.1) is 0 Å². The highest BCUT2D eigenvalue weighted by atomic mass is 32.2. The van der Waals surface area contributed by atoms with Crippen LogP contribution in [0.2, 0.25) is 0 Å². The average Bonchev–Trinajstić information content (AvgIpc) is 2.62. The zero-order chi connectivity index (χ0) is 12.7. The zero-order valence-corrected chi connectivity index (χ0v) is 9.72. The number of alkyl halides is 3. The Hall–Kier alpha value is -0.760. The van der Waals surface area contributed by atoms with Gasteiger partial charge in [-0.2, -0.15) is 21.6 Å². The van der Waals surface area contributed by atoms with Crippen LogP contribution in [0.5, 0.6) is 0 Å². The van der Waals surface area contributed by atoms with E-state index in [0.717, 1.165) is 25.1 Å². The summed E-state index contributed by atoms with van der Waals surface area (Å²) < 4.78 is 62.2. The van der Waals surface area contributed by atoms with Crippen molar-refractivity contribution in [2.75, 3.05) is 13.1 Å². The quantitative estimate of drug-likeness (QED) is 0.565. The van der Waals surface area contributed by atoms with E-state index in [-0.39, 0.29) is 6.42 Å². The molecule has 1 unspecified atom stereocenters. The number of allylic oxidation sites excluding steroid dienone is 1. The van der Waals surface area contributed by atoms with Gasteiger partial charge in [0, 0.05) is 18.8 Å². The molecule has 98 valence electrons. The van der Waals surface area contributed by atoms with Crippen molar-refractivity contribution in [3.8, 4) is 0 Å². The second kappa shape index (κ2) is 4.16. The van der Waals surface area contributed by atoms with E-state index in [2.05, 4.69) is 4.18 Å². The van der Waals surface area contributed by atoms with E-state index in [0.29, 0.717) is 6.54 Å². The molecule has 2 heterocycles. The lowest BCUT2D eigenvalue weighted by atomic mass is 10.1. The largest absolute Gasteiger partial charge is 0.523 e. The van der Waals surface area contributed by atoms with Gasteiger partial charge in [0.25, 0.3) is 0 Å². The third-order valence-electron chi connectivity index (χ3n) is 2.86. The highest BCUT2D eigenvalue weighted by Crippen LogP contribution is 2.31. The van der Waals surface area contributed by atoms with Crippen molar-refractivity contribution in [2.45, 2.75) is 30.9 Å². The molecule has 2 aliphatic rings. The first kappa shape index (κ1) is 12.7. The molecule has 2 rings (SSSR count). The molecule has 0 bridgehead atoms. The fourth-order valence-corrected chi connectivity index (χ4v) is 2.66. The van der Waals surface area contributed by atoms with Crippen LogP contribution in [0.3, 0.4) is 0 Å². The summed E-state index contributed by atoms with van der Waals surface area (Å²) in [6.45, 7) is 1.43.